The first-order chi connectivity index (χ1) is 27.5. The lowest BCUT2D eigenvalue weighted by Crippen LogP contribution is -2.55. The molecule has 1 unspecified atom stereocenters. The van der Waals surface area contributed by atoms with Gasteiger partial charge in [0.2, 0.25) is 5.88 Å². The van der Waals surface area contributed by atoms with Crippen molar-refractivity contribution in [2.24, 2.45) is 10.8 Å². The summed E-state index contributed by atoms with van der Waals surface area (Å²) in [6.07, 6.45) is 17.2. The van der Waals surface area contributed by atoms with Crippen LogP contribution in [0.15, 0.2) is 24.3 Å². The molecule has 3 saturated heterocycles. The topological polar surface area (TPSA) is 123 Å². The Morgan fingerprint density at radius 2 is 1.81 bits per heavy atom. The van der Waals surface area contributed by atoms with Gasteiger partial charge < -0.3 is 34.1 Å². The van der Waals surface area contributed by atoms with E-state index in [0.29, 0.717) is 42.6 Å². The fourth-order valence-corrected chi connectivity index (χ4v) is 11.0. The molecule has 2 aromatic heterocycles. The van der Waals surface area contributed by atoms with Gasteiger partial charge in [-0.2, -0.15) is 9.97 Å². The van der Waals surface area contributed by atoms with Gasteiger partial charge >= 0.3 is 6.01 Å². The predicted molar refractivity (Wildman–Crippen MR) is 212 cm³/mol. The maximum absolute atomic E-state index is 17.4. The largest absolute Gasteiger partial charge is 0.508 e. The van der Waals surface area contributed by atoms with Crippen LogP contribution in [0, 0.1) is 34.8 Å². The predicted octanol–water partition coefficient (Wildman–Crippen LogP) is 6.77. The summed E-state index contributed by atoms with van der Waals surface area (Å²) in [6, 6.07) is 6.36. The van der Waals surface area contributed by atoms with Crippen LogP contribution in [0.1, 0.15) is 76.7 Å². The summed E-state index contributed by atoms with van der Waals surface area (Å²) in [5, 5.41) is 22.8. The minimum atomic E-state index is -1.24. The number of ether oxygens (including phenoxy) is 4. The number of likely N-dealkylation sites (tertiary alicyclic amines) is 1. The minimum absolute atomic E-state index is 0.000789. The van der Waals surface area contributed by atoms with E-state index >= 15 is 8.78 Å². The van der Waals surface area contributed by atoms with Crippen molar-refractivity contribution < 1.29 is 37.9 Å². The van der Waals surface area contributed by atoms with Crippen molar-refractivity contribution >= 4 is 27.5 Å². The molecule has 2 N–H and O–H groups in total. The minimum Gasteiger partial charge on any atom is -0.508 e. The molecule has 2 aromatic carbocycles. The zero-order chi connectivity index (χ0) is 39.5. The number of β-amino-alcohol motifs (C(OH)–C–C–N with tert-alkyl or cyclic N) is 1. The van der Waals surface area contributed by atoms with E-state index in [2.05, 4.69) is 15.8 Å². The van der Waals surface area contributed by atoms with Crippen molar-refractivity contribution in [3.63, 3.8) is 0 Å². The van der Waals surface area contributed by atoms with Gasteiger partial charge in [-0.05, 0) is 100 Å². The number of nitrogens with zero attached hydrogens (tertiary/aromatic N) is 5. The van der Waals surface area contributed by atoms with Crippen LogP contribution in [-0.4, -0.2) is 108 Å². The second kappa shape index (κ2) is 14.8. The summed E-state index contributed by atoms with van der Waals surface area (Å²) in [5.74, 6) is 0.984. The molecule has 57 heavy (non-hydrogen) atoms. The molecule has 0 bridgehead atoms. The Labute approximate surface area is 331 Å². The third-order valence-corrected chi connectivity index (χ3v) is 13.6. The van der Waals surface area contributed by atoms with Crippen LogP contribution in [0.25, 0.3) is 32.9 Å². The second-order valence-corrected chi connectivity index (χ2v) is 17.4. The number of benzene rings is 2. The summed E-state index contributed by atoms with van der Waals surface area (Å²) in [5.41, 5.74) is -1.32. The number of aliphatic hydroxyl groups is 1. The van der Waals surface area contributed by atoms with E-state index in [1.165, 1.54) is 50.6 Å². The molecule has 2 saturated carbocycles. The Hall–Kier alpha value is -4.35. The number of fused-ring (bicyclic) bond motifs is 3. The molecule has 13 heteroatoms. The Bertz CT molecular complexity index is 2240. The number of terminal acetylenes is 1. The average molecular weight is 784 g/mol. The molecule has 5 heterocycles. The Kier molecular flexibility index (Phi) is 9.91. The number of halogens is 2. The number of piperidine rings is 1. The number of rotatable bonds is 7. The van der Waals surface area contributed by atoms with Gasteiger partial charge in [0.25, 0.3) is 0 Å². The first-order valence-electron chi connectivity index (χ1n) is 20.4. The maximum atomic E-state index is 17.4. The fraction of sp³-hybridized carbons (Fsp3) is 0.568. The quantitative estimate of drug-likeness (QED) is 0.193. The van der Waals surface area contributed by atoms with Crippen molar-refractivity contribution in [3.8, 4) is 41.2 Å². The molecule has 2 aliphatic carbocycles. The molecular weight excluding hydrogens is 733 g/mol. The lowest BCUT2D eigenvalue weighted by Gasteiger charge is -2.49. The zero-order valence-corrected chi connectivity index (χ0v) is 32.8. The molecule has 1 spiro atoms. The molecular formula is C44H51F2N5O6. The highest BCUT2D eigenvalue weighted by atomic mass is 19.1. The standard InChI is InChI=1S/C44H51F2N5O6/c1-4-30-32(45)9-8-27-21-29(52)22-31(34(27)30)37-36(46)38-35(40(47-37)54-3)39(50-17-20-56-25-42(2,53)24-50)49-41(48-38)57-26-44-11-5-7-33(44)51(16-6-12-44)28-10-13-43(23-28)14-18-55-19-15-43/h1,8-9,21-22,28,33,52-53H,5-7,10-20,23-26H2,2-3H3/t28?,33-,42+,44-/m1/s1. The highest BCUT2D eigenvalue weighted by molar-refractivity contribution is 6.04. The van der Waals surface area contributed by atoms with Crippen LogP contribution in [-0.2, 0) is 9.47 Å². The van der Waals surface area contributed by atoms with E-state index < -0.39 is 17.2 Å². The first-order valence-corrected chi connectivity index (χ1v) is 20.4. The summed E-state index contributed by atoms with van der Waals surface area (Å²) >= 11 is 0. The van der Waals surface area contributed by atoms with E-state index in [1.807, 2.05) is 4.90 Å². The number of anilines is 1. The number of hydrogen-bond acceptors (Lipinski definition) is 11. The van der Waals surface area contributed by atoms with Crippen molar-refractivity contribution in [1.29, 1.82) is 0 Å². The molecule has 4 atom stereocenters. The number of aromatic nitrogens is 3. The fourth-order valence-electron chi connectivity index (χ4n) is 11.0. The van der Waals surface area contributed by atoms with E-state index in [9.17, 15) is 10.2 Å². The van der Waals surface area contributed by atoms with Crippen molar-refractivity contribution in [2.75, 3.05) is 64.7 Å². The number of aromatic hydroxyl groups is 1. The SMILES string of the molecule is C#Cc1c(F)ccc2cc(O)cc(-c3nc(OC)c4c(N5CCOC[C@@](C)(O)C5)nc(OC[C@]56CCC[C@H]5N(C5CCC7(CCOCC7)C5)CCC6)nc4c3F)c12. The summed E-state index contributed by atoms with van der Waals surface area (Å²) in [6.45, 7) is 5.74. The molecule has 5 aliphatic rings. The van der Waals surface area contributed by atoms with Crippen LogP contribution in [0.4, 0.5) is 14.6 Å². The molecule has 4 aromatic rings. The number of hydrogen-bond donors (Lipinski definition) is 2. The van der Waals surface area contributed by atoms with E-state index in [4.69, 9.17) is 35.3 Å². The summed E-state index contributed by atoms with van der Waals surface area (Å²) in [7, 11) is 1.41. The van der Waals surface area contributed by atoms with Gasteiger partial charge in [0.15, 0.2) is 5.82 Å². The summed E-state index contributed by atoms with van der Waals surface area (Å²) < 4.78 is 56.5. The number of methoxy groups -OCH3 is 1. The van der Waals surface area contributed by atoms with E-state index in [0.717, 1.165) is 64.7 Å². The van der Waals surface area contributed by atoms with Crippen LogP contribution in [0.3, 0.4) is 0 Å². The normalized spacial score (nSPS) is 27.8. The smallest absolute Gasteiger partial charge is 0.319 e. The van der Waals surface area contributed by atoms with E-state index in [1.54, 1.807) is 6.92 Å². The Balaban J connectivity index is 1.13. The maximum Gasteiger partial charge on any atom is 0.319 e. The number of pyridine rings is 1. The molecule has 11 nitrogen and oxygen atoms in total. The van der Waals surface area contributed by atoms with E-state index in [-0.39, 0.29) is 75.1 Å². The van der Waals surface area contributed by atoms with Crippen molar-refractivity contribution in [1.82, 2.24) is 19.9 Å². The lowest BCUT2D eigenvalue weighted by atomic mass is 9.74. The molecule has 9 rings (SSSR count). The number of phenols is 1. The second-order valence-electron chi connectivity index (χ2n) is 17.4. The summed E-state index contributed by atoms with van der Waals surface area (Å²) in [4.78, 5) is 18.9. The van der Waals surface area contributed by atoms with Gasteiger partial charge in [0.05, 0.1) is 39.0 Å². The monoisotopic (exact) mass is 783 g/mol. The van der Waals surface area contributed by atoms with Gasteiger partial charge in [0.1, 0.15) is 39.6 Å². The van der Waals surface area contributed by atoms with Gasteiger partial charge in [-0.1, -0.05) is 18.4 Å². The van der Waals surface area contributed by atoms with Crippen LogP contribution in [0.5, 0.6) is 17.6 Å². The Morgan fingerprint density at radius 3 is 2.61 bits per heavy atom. The molecule has 0 amide bonds. The molecule has 302 valence electrons. The first kappa shape index (κ1) is 38.2. The highest BCUT2D eigenvalue weighted by Crippen LogP contribution is 2.53. The third-order valence-electron chi connectivity index (χ3n) is 13.6. The lowest BCUT2D eigenvalue weighted by molar-refractivity contribution is -0.0296. The Morgan fingerprint density at radius 1 is 0.982 bits per heavy atom. The zero-order valence-electron chi connectivity index (χ0n) is 32.8. The average Bonchev–Trinajstić information content (AvgIpc) is 3.77. The van der Waals surface area contributed by atoms with Crippen molar-refractivity contribution in [3.05, 3.63) is 41.5 Å². The van der Waals surface area contributed by atoms with Crippen molar-refractivity contribution in [2.45, 2.75) is 88.8 Å². The van der Waals surface area contributed by atoms with Crippen LogP contribution >= 0.6 is 0 Å². The highest BCUT2D eigenvalue weighted by Gasteiger charge is 2.52. The van der Waals surface area contributed by atoms with Gasteiger partial charge in [-0.25, -0.2) is 13.8 Å². The molecule has 5 fully saturated rings. The van der Waals surface area contributed by atoms with Gasteiger partial charge in [-0.3, -0.25) is 4.90 Å². The van der Waals surface area contributed by atoms with Gasteiger partial charge in [0, 0.05) is 48.2 Å². The van der Waals surface area contributed by atoms with Gasteiger partial charge in [-0.15, -0.1) is 6.42 Å². The van der Waals surface area contributed by atoms with Crippen LogP contribution in [0.2, 0.25) is 0 Å². The number of phenolic OH excluding ortho intramolecular Hbond substituents is 1. The third kappa shape index (κ3) is 6.82. The molecule has 0 radical (unpaired) electrons. The van der Waals surface area contributed by atoms with Crippen LogP contribution < -0.4 is 14.4 Å². The molecule has 3 aliphatic heterocycles.